The number of benzene rings is 1. The Balaban J connectivity index is 1.92. The van der Waals surface area contributed by atoms with Crippen LogP contribution < -0.4 is 4.72 Å². The van der Waals surface area contributed by atoms with Crippen LogP contribution in [-0.2, 0) is 10.0 Å². The Labute approximate surface area is 165 Å². The van der Waals surface area contributed by atoms with Crippen LogP contribution >= 0.6 is 69.1 Å². The van der Waals surface area contributed by atoms with Gasteiger partial charge in [0.25, 0.3) is 10.0 Å². The van der Waals surface area contributed by atoms with Gasteiger partial charge in [-0.25, -0.2) is 8.42 Å². The first-order valence-electron chi connectivity index (χ1n) is 6.03. The third kappa shape index (κ3) is 3.80. The number of rotatable bonds is 4. The number of hydrogen-bond donors (Lipinski definition) is 1. The summed E-state index contributed by atoms with van der Waals surface area (Å²) in [5.41, 5.74) is 0. The first-order chi connectivity index (χ1) is 11.3. The maximum absolute atomic E-state index is 12.5. The summed E-state index contributed by atoms with van der Waals surface area (Å²) >= 11 is 26.0. The maximum Gasteiger partial charge on any atom is 0.266 e. The van der Waals surface area contributed by atoms with E-state index in [1.54, 1.807) is 12.1 Å². The Bertz CT molecular complexity index is 993. The minimum absolute atomic E-state index is 0.0802. The van der Waals surface area contributed by atoms with Crippen molar-refractivity contribution in [2.75, 3.05) is 4.72 Å². The zero-order valence-corrected chi connectivity index (χ0v) is 16.7. The number of nitrogens with one attached hydrogen (secondary N) is 1. The molecule has 0 fully saturated rings. The fourth-order valence-corrected chi connectivity index (χ4v) is 6.36. The van der Waals surface area contributed by atoms with Gasteiger partial charge in [-0.15, -0.1) is 21.5 Å². The zero-order chi connectivity index (χ0) is 17.5. The number of hydrogen-bond acceptors (Lipinski definition) is 6. The molecule has 126 valence electrons. The molecule has 1 aromatic carbocycles. The Morgan fingerprint density at radius 1 is 0.958 bits per heavy atom. The molecule has 1 N–H and O–H groups in total. The molecule has 2 aromatic heterocycles. The smallest absolute Gasteiger partial charge is 0.253 e. The Morgan fingerprint density at radius 2 is 1.62 bits per heavy atom. The molecule has 0 bridgehead atoms. The maximum atomic E-state index is 12.5. The van der Waals surface area contributed by atoms with Crippen molar-refractivity contribution in [3.05, 3.63) is 43.7 Å². The summed E-state index contributed by atoms with van der Waals surface area (Å²) in [6, 6.07) is 6.09. The number of halogens is 4. The second kappa shape index (κ2) is 6.95. The van der Waals surface area contributed by atoms with Gasteiger partial charge in [0.2, 0.25) is 5.13 Å². The van der Waals surface area contributed by atoms with Crippen LogP contribution in [0.4, 0.5) is 5.13 Å². The molecule has 0 spiro atoms. The molecule has 3 aromatic rings. The summed E-state index contributed by atoms with van der Waals surface area (Å²) in [6.07, 6.45) is 0. The molecular formula is C12H5Cl4N3O2S3. The zero-order valence-electron chi connectivity index (χ0n) is 11.3. The van der Waals surface area contributed by atoms with Crippen LogP contribution in [0.25, 0.3) is 9.88 Å². The number of nitrogens with zero attached hydrogens (tertiary/aromatic N) is 2. The average Bonchev–Trinajstić information content (AvgIpc) is 3.05. The molecule has 5 nitrogen and oxygen atoms in total. The standard InChI is InChI=1S/C12H5Cl4N3O2S3/c13-5-3-6(14)10(7(15)4-5)24(20,21)19-12-18-17-11(23-12)8-1-2-9(16)22-8/h1-4H,(H,18,19). The first kappa shape index (κ1) is 18.2. The third-order valence-corrected chi connectivity index (χ3v) is 7.51. The van der Waals surface area contributed by atoms with E-state index in [1.165, 1.54) is 23.5 Å². The predicted octanol–water partition coefficient (Wildman–Crippen LogP) is 5.68. The highest BCUT2D eigenvalue weighted by atomic mass is 35.5. The summed E-state index contributed by atoms with van der Waals surface area (Å²) in [6.45, 7) is 0. The Morgan fingerprint density at radius 3 is 2.21 bits per heavy atom. The highest BCUT2D eigenvalue weighted by molar-refractivity contribution is 7.93. The average molecular weight is 461 g/mol. The van der Waals surface area contributed by atoms with Crippen LogP contribution in [0.3, 0.4) is 0 Å². The van der Waals surface area contributed by atoms with Gasteiger partial charge in [-0.05, 0) is 24.3 Å². The Kier molecular flexibility index (Phi) is 5.27. The van der Waals surface area contributed by atoms with E-state index in [9.17, 15) is 8.42 Å². The van der Waals surface area contributed by atoms with Gasteiger partial charge in [0.1, 0.15) is 4.90 Å². The second-order valence-corrected chi connectivity index (χ2v) is 9.88. The highest BCUT2D eigenvalue weighted by Crippen LogP contribution is 2.37. The van der Waals surface area contributed by atoms with Gasteiger partial charge >= 0.3 is 0 Å². The largest absolute Gasteiger partial charge is 0.266 e. The van der Waals surface area contributed by atoms with Crippen molar-refractivity contribution in [2.24, 2.45) is 0 Å². The molecule has 0 aliphatic carbocycles. The van der Waals surface area contributed by atoms with Gasteiger partial charge in [0, 0.05) is 5.02 Å². The highest BCUT2D eigenvalue weighted by Gasteiger charge is 2.24. The second-order valence-electron chi connectivity index (χ2n) is 4.32. The molecule has 2 heterocycles. The summed E-state index contributed by atoms with van der Waals surface area (Å²) in [5, 5.41) is 8.44. The van der Waals surface area contributed by atoms with Gasteiger partial charge in [-0.2, -0.15) is 0 Å². The van der Waals surface area contributed by atoms with Crippen LogP contribution in [0.2, 0.25) is 19.4 Å². The summed E-state index contributed by atoms with van der Waals surface area (Å²) in [7, 11) is -4.04. The molecule has 24 heavy (non-hydrogen) atoms. The molecule has 12 heteroatoms. The van der Waals surface area contributed by atoms with Gasteiger partial charge in [0.15, 0.2) is 5.01 Å². The van der Waals surface area contributed by atoms with Crippen molar-refractivity contribution < 1.29 is 8.42 Å². The topological polar surface area (TPSA) is 72.0 Å². The molecule has 0 atom stereocenters. The van der Waals surface area contributed by atoms with Crippen LogP contribution in [0.1, 0.15) is 0 Å². The summed E-state index contributed by atoms with van der Waals surface area (Å²) in [5.74, 6) is 0. The number of sulfonamides is 1. The van der Waals surface area contributed by atoms with Crippen LogP contribution in [-0.4, -0.2) is 18.6 Å². The van der Waals surface area contributed by atoms with Gasteiger partial charge in [0.05, 0.1) is 19.3 Å². The fraction of sp³-hybridized carbons (Fsp3) is 0. The van der Waals surface area contributed by atoms with Crippen molar-refractivity contribution >= 4 is 84.2 Å². The third-order valence-electron chi connectivity index (χ3n) is 2.66. The lowest BCUT2D eigenvalue weighted by Gasteiger charge is -2.09. The molecule has 0 saturated carbocycles. The van der Waals surface area contributed by atoms with Crippen LogP contribution in [0.5, 0.6) is 0 Å². The normalized spacial score (nSPS) is 11.7. The van der Waals surface area contributed by atoms with Gasteiger partial charge in [-0.1, -0.05) is 57.7 Å². The van der Waals surface area contributed by atoms with Crippen molar-refractivity contribution in [3.63, 3.8) is 0 Å². The predicted molar refractivity (Wildman–Crippen MR) is 101 cm³/mol. The minimum Gasteiger partial charge on any atom is -0.253 e. The van der Waals surface area contributed by atoms with E-state index in [2.05, 4.69) is 14.9 Å². The van der Waals surface area contributed by atoms with Gasteiger partial charge in [-0.3, -0.25) is 4.72 Å². The molecule has 0 aliphatic rings. The minimum atomic E-state index is -4.04. The van der Waals surface area contributed by atoms with Crippen molar-refractivity contribution in [3.8, 4) is 9.88 Å². The quantitative estimate of drug-likeness (QED) is 0.543. The SMILES string of the molecule is O=S(=O)(Nc1nnc(-c2ccc(Cl)s2)s1)c1c(Cl)cc(Cl)cc1Cl. The molecule has 0 saturated heterocycles. The van der Waals surface area contributed by atoms with E-state index < -0.39 is 10.0 Å². The van der Waals surface area contributed by atoms with Crippen molar-refractivity contribution in [1.82, 2.24) is 10.2 Å². The molecule has 3 rings (SSSR count). The number of aromatic nitrogens is 2. The van der Waals surface area contributed by atoms with E-state index in [1.807, 2.05) is 0 Å². The molecule has 0 unspecified atom stereocenters. The van der Waals surface area contributed by atoms with E-state index in [4.69, 9.17) is 46.4 Å². The van der Waals surface area contributed by atoms with E-state index in [0.29, 0.717) is 9.34 Å². The van der Waals surface area contributed by atoms with Crippen molar-refractivity contribution in [2.45, 2.75) is 4.90 Å². The fourth-order valence-electron chi connectivity index (χ4n) is 1.74. The van der Waals surface area contributed by atoms with E-state index in [-0.39, 0.29) is 25.1 Å². The van der Waals surface area contributed by atoms with Crippen LogP contribution in [0, 0.1) is 0 Å². The summed E-state index contributed by atoms with van der Waals surface area (Å²) in [4.78, 5) is 0.511. The lowest BCUT2D eigenvalue weighted by molar-refractivity contribution is 0.601. The monoisotopic (exact) mass is 459 g/mol. The van der Waals surface area contributed by atoms with Crippen LogP contribution in [0.15, 0.2) is 29.2 Å². The number of anilines is 1. The van der Waals surface area contributed by atoms with E-state index in [0.717, 1.165) is 16.2 Å². The van der Waals surface area contributed by atoms with Crippen molar-refractivity contribution in [1.29, 1.82) is 0 Å². The molecule has 0 aliphatic heterocycles. The van der Waals surface area contributed by atoms with Gasteiger partial charge < -0.3 is 0 Å². The van der Waals surface area contributed by atoms with E-state index >= 15 is 0 Å². The lowest BCUT2D eigenvalue weighted by Crippen LogP contribution is -2.14. The lowest BCUT2D eigenvalue weighted by atomic mass is 10.4. The Hall–Kier alpha value is -0.610. The summed E-state index contributed by atoms with van der Waals surface area (Å²) < 4.78 is 27.9. The number of thiophene rings is 1. The molecule has 0 amide bonds. The molecular weight excluding hydrogens is 456 g/mol. The molecule has 0 radical (unpaired) electrons. The first-order valence-corrected chi connectivity index (χ1v) is 10.7.